The van der Waals surface area contributed by atoms with E-state index in [0.717, 1.165) is 0 Å². The molecule has 0 aliphatic heterocycles. The largest absolute Gasteiger partial charge is 0.459 e. The molecule has 0 aliphatic carbocycles. The lowest BCUT2D eigenvalue weighted by Gasteiger charge is -2.08. The molecule has 0 spiro atoms. The van der Waals surface area contributed by atoms with Crippen molar-refractivity contribution >= 4 is 21.6 Å². The van der Waals surface area contributed by atoms with Gasteiger partial charge in [0.1, 0.15) is 11.9 Å². The van der Waals surface area contributed by atoms with Crippen LogP contribution in [0.15, 0.2) is 70.3 Å². The average molecular weight is 410 g/mol. The van der Waals surface area contributed by atoms with Crippen molar-refractivity contribution in [3.63, 3.8) is 0 Å². The first-order valence-electron chi connectivity index (χ1n) is 8.72. The number of sulfone groups is 1. The lowest BCUT2D eigenvalue weighted by atomic mass is 10.2. The van der Waals surface area contributed by atoms with Crippen LogP contribution in [0, 0.1) is 11.3 Å². The fourth-order valence-corrected chi connectivity index (χ4v) is 4.01. The van der Waals surface area contributed by atoms with Crippen molar-refractivity contribution in [3.05, 3.63) is 77.9 Å². The lowest BCUT2D eigenvalue weighted by molar-refractivity contribution is 0.0926. The first kappa shape index (κ1) is 20.1. The molecule has 0 aliphatic rings. The van der Waals surface area contributed by atoms with Gasteiger partial charge in [-0.2, -0.15) is 5.26 Å². The van der Waals surface area contributed by atoms with E-state index in [4.69, 9.17) is 9.68 Å². The number of aromatic nitrogens is 1. The molecule has 8 nitrogen and oxygen atoms in total. The maximum Gasteiger partial charge on any atom is 0.287 e. The standard InChI is InChI=1S/C20H18N4O4S/c21-13-15-5-4-9-22-19(15)23-10-11-24-20(25)18-16(8-12-28-18)14-29(26,27)17-6-2-1-3-7-17/h1-9,12H,10-11,14H2,(H,22,23)(H,24,25). The molecule has 0 saturated heterocycles. The Balaban J connectivity index is 1.59. The molecule has 2 aromatic heterocycles. The summed E-state index contributed by atoms with van der Waals surface area (Å²) in [6.45, 7) is 0.557. The van der Waals surface area contributed by atoms with Gasteiger partial charge in [-0.15, -0.1) is 0 Å². The van der Waals surface area contributed by atoms with E-state index in [1.807, 2.05) is 6.07 Å². The maximum absolute atomic E-state index is 12.5. The minimum atomic E-state index is -3.60. The highest BCUT2D eigenvalue weighted by Gasteiger charge is 2.22. The van der Waals surface area contributed by atoms with E-state index < -0.39 is 15.7 Å². The number of hydrogen-bond donors (Lipinski definition) is 2. The highest BCUT2D eigenvalue weighted by atomic mass is 32.2. The van der Waals surface area contributed by atoms with E-state index in [2.05, 4.69) is 15.6 Å². The summed E-state index contributed by atoms with van der Waals surface area (Å²) >= 11 is 0. The van der Waals surface area contributed by atoms with Crippen LogP contribution in [-0.2, 0) is 15.6 Å². The van der Waals surface area contributed by atoms with Crippen LogP contribution in [0.25, 0.3) is 0 Å². The molecule has 148 valence electrons. The van der Waals surface area contributed by atoms with Gasteiger partial charge >= 0.3 is 0 Å². The summed E-state index contributed by atoms with van der Waals surface area (Å²) in [5.74, 6) is -0.470. The SMILES string of the molecule is N#Cc1cccnc1NCCNC(=O)c1occc1CS(=O)(=O)c1ccccc1. The Hall–Kier alpha value is -3.64. The Morgan fingerprint density at radius 3 is 2.66 bits per heavy atom. The van der Waals surface area contributed by atoms with Crippen LogP contribution < -0.4 is 10.6 Å². The number of rotatable bonds is 8. The molecule has 0 bridgehead atoms. The van der Waals surface area contributed by atoms with Crippen molar-refractivity contribution in [2.75, 3.05) is 18.4 Å². The van der Waals surface area contributed by atoms with E-state index in [1.165, 1.54) is 24.5 Å². The number of nitriles is 1. The summed E-state index contributed by atoms with van der Waals surface area (Å²) in [6.07, 6.45) is 2.85. The van der Waals surface area contributed by atoms with E-state index in [0.29, 0.717) is 17.9 Å². The molecular weight excluding hydrogens is 392 g/mol. The van der Waals surface area contributed by atoms with Crippen molar-refractivity contribution in [2.45, 2.75) is 10.6 Å². The van der Waals surface area contributed by atoms with Crippen molar-refractivity contribution in [3.8, 4) is 6.07 Å². The molecule has 0 radical (unpaired) electrons. The number of nitrogens with zero attached hydrogens (tertiary/aromatic N) is 2. The van der Waals surface area contributed by atoms with Gasteiger partial charge in [0.15, 0.2) is 15.6 Å². The smallest absolute Gasteiger partial charge is 0.287 e. The summed E-state index contributed by atoms with van der Waals surface area (Å²) in [7, 11) is -3.60. The van der Waals surface area contributed by atoms with Crippen LogP contribution in [-0.4, -0.2) is 32.4 Å². The van der Waals surface area contributed by atoms with Crippen molar-refractivity contribution in [1.29, 1.82) is 5.26 Å². The van der Waals surface area contributed by atoms with Gasteiger partial charge in [0, 0.05) is 24.8 Å². The Morgan fingerprint density at radius 2 is 1.90 bits per heavy atom. The molecule has 2 heterocycles. The quantitative estimate of drug-likeness (QED) is 0.546. The highest BCUT2D eigenvalue weighted by molar-refractivity contribution is 7.90. The average Bonchev–Trinajstić information content (AvgIpc) is 3.19. The first-order chi connectivity index (χ1) is 14.0. The van der Waals surface area contributed by atoms with E-state index >= 15 is 0 Å². The van der Waals surface area contributed by atoms with Gasteiger partial charge in [-0.1, -0.05) is 18.2 Å². The molecule has 3 rings (SSSR count). The lowest BCUT2D eigenvalue weighted by Crippen LogP contribution is -2.29. The number of hydrogen-bond acceptors (Lipinski definition) is 7. The van der Waals surface area contributed by atoms with Crippen molar-refractivity contribution in [1.82, 2.24) is 10.3 Å². The van der Waals surface area contributed by atoms with Gasteiger partial charge in [0.05, 0.1) is 22.5 Å². The minimum Gasteiger partial charge on any atom is -0.459 e. The number of carbonyl (C=O) groups is 1. The molecule has 29 heavy (non-hydrogen) atoms. The van der Waals surface area contributed by atoms with Gasteiger partial charge in [-0.25, -0.2) is 13.4 Å². The monoisotopic (exact) mass is 410 g/mol. The molecule has 1 amide bonds. The number of anilines is 1. The number of carbonyl (C=O) groups excluding carboxylic acids is 1. The topological polar surface area (TPSA) is 125 Å². The Labute approximate surface area is 168 Å². The fourth-order valence-electron chi connectivity index (χ4n) is 2.64. The molecule has 0 atom stereocenters. The fraction of sp³-hybridized carbons (Fsp3) is 0.150. The summed E-state index contributed by atoms with van der Waals surface area (Å²) in [6, 6.07) is 14.8. The minimum absolute atomic E-state index is 0.0416. The highest BCUT2D eigenvalue weighted by Crippen LogP contribution is 2.19. The van der Waals surface area contributed by atoms with Crippen molar-refractivity contribution in [2.24, 2.45) is 0 Å². The second-order valence-corrected chi connectivity index (χ2v) is 8.03. The van der Waals surface area contributed by atoms with Gasteiger partial charge in [-0.05, 0) is 30.3 Å². The number of pyridine rings is 1. The predicted molar refractivity (Wildman–Crippen MR) is 106 cm³/mol. The summed E-state index contributed by atoms with van der Waals surface area (Å²) < 4.78 is 30.3. The molecule has 1 aromatic carbocycles. The third kappa shape index (κ3) is 5.00. The zero-order chi connectivity index (χ0) is 20.7. The molecule has 0 fully saturated rings. The zero-order valence-electron chi connectivity index (χ0n) is 15.3. The summed E-state index contributed by atoms with van der Waals surface area (Å²) in [5.41, 5.74) is 0.689. The Kier molecular flexibility index (Phi) is 6.26. The predicted octanol–water partition coefficient (Wildman–Crippen LogP) is 2.36. The summed E-state index contributed by atoms with van der Waals surface area (Å²) in [5, 5.41) is 14.7. The Morgan fingerprint density at radius 1 is 1.10 bits per heavy atom. The number of amides is 1. The van der Waals surface area contributed by atoms with Crippen LogP contribution in [0.4, 0.5) is 5.82 Å². The van der Waals surface area contributed by atoms with Crippen LogP contribution in [0.5, 0.6) is 0 Å². The molecule has 9 heteroatoms. The number of nitrogens with one attached hydrogen (secondary N) is 2. The molecule has 2 N–H and O–H groups in total. The molecule has 0 unspecified atom stereocenters. The van der Waals surface area contributed by atoms with Crippen LogP contribution in [0.2, 0.25) is 0 Å². The summed E-state index contributed by atoms with van der Waals surface area (Å²) in [4.78, 5) is 16.6. The third-order valence-electron chi connectivity index (χ3n) is 4.03. The maximum atomic E-state index is 12.5. The van der Waals surface area contributed by atoms with Crippen LogP contribution >= 0.6 is 0 Å². The molecule has 0 saturated carbocycles. The first-order valence-corrected chi connectivity index (χ1v) is 10.4. The zero-order valence-corrected chi connectivity index (χ0v) is 16.1. The van der Waals surface area contributed by atoms with Crippen LogP contribution in [0.3, 0.4) is 0 Å². The van der Waals surface area contributed by atoms with Crippen LogP contribution in [0.1, 0.15) is 21.7 Å². The van der Waals surface area contributed by atoms with Crippen molar-refractivity contribution < 1.29 is 17.6 Å². The normalized spacial score (nSPS) is 10.9. The Bertz CT molecular complexity index is 1130. The van der Waals surface area contributed by atoms with E-state index in [9.17, 15) is 13.2 Å². The van der Waals surface area contributed by atoms with Gasteiger partial charge in [0.2, 0.25) is 0 Å². The number of furan rings is 1. The van der Waals surface area contributed by atoms with Gasteiger partial charge in [-0.3, -0.25) is 4.79 Å². The number of benzene rings is 1. The molecular formula is C20H18N4O4S. The third-order valence-corrected chi connectivity index (χ3v) is 5.71. The second-order valence-electron chi connectivity index (χ2n) is 6.04. The van der Waals surface area contributed by atoms with E-state index in [-0.39, 0.29) is 28.5 Å². The molecule has 3 aromatic rings. The van der Waals surface area contributed by atoms with Gasteiger partial charge in [0.25, 0.3) is 5.91 Å². The van der Waals surface area contributed by atoms with E-state index in [1.54, 1.807) is 36.5 Å². The van der Waals surface area contributed by atoms with Gasteiger partial charge < -0.3 is 15.1 Å². The second kappa shape index (κ2) is 9.03.